The topological polar surface area (TPSA) is 74.8 Å². The number of carbonyl (C=O) groups excluding carboxylic acids is 1. The van der Waals surface area contributed by atoms with Gasteiger partial charge < -0.3 is 19.6 Å². The molecule has 0 saturated carbocycles. The predicted molar refractivity (Wildman–Crippen MR) is 126 cm³/mol. The molecule has 1 aromatic heterocycles. The highest BCUT2D eigenvalue weighted by molar-refractivity contribution is 5.87. The third-order valence-corrected chi connectivity index (χ3v) is 6.30. The van der Waals surface area contributed by atoms with Crippen LogP contribution in [0.2, 0.25) is 0 Å². The molecule has 1 aliphatic rings. The first-order valence-corrected chi connectivity index (χ1v) is 11.0. The van der Waals surface area contributed by atoms with Gasteiger partial charge in [0, 0.05) is 42.3 Å². The Bertz CT molecular complexity index is 1120. The number of aromatic nitrogens is 1. The zero-order valence-electron chi connectivity index (χ0n) is 18.6. The van der Waals surface area contributed by atoms with Gasteiger partial charge in [0.2, 0.25) is 0 Å². The van der Waals surface area contributed by atoms with Gasteiger partial charge in [-0.1, -0.05) is 18.2 Å². The van der Waals surface area contributed by atoms with Crippen LogP contribution in [0.5, 0.6) is 5.75 Å². The highest BCUT2D eigenvalue weighted by atomic mass is 16.5. The van der Waals surface area contributed by atoms with Crippen molar-refractivity contribution in [3.8, 4) is 5.75 Å². The normalized spacial score (nSPS) is 15.6. The average Bonchev–Trinajstić information content (AvgIpc) is 3.43. The van der Waals surface area contributed by atoms with Crippen LogP contribution in [0.1, 0.15) is 34.7 Å². The number of esters is 1. The number of aryl methyl sites for hydroxylation is 1. The smallest absolute Gasteiger partial charge is 0.330 e. The second kappa shape index (κ2) is 10.0. The van der Waals surface area contributed by atoms with Gasteiger partial charge in [-0.05, 0) is 65.8 Å². The first-order valence-electron chi connectivity index (χ1n) is 11.0. The Morgan fingerprint density at radius 2 is 2.09 bits per heavy atom. The molecule has 0 saturated heterocycles. The summed E-state index contributed by atoms with van der Waals surface area (Å²) in [5.41, 5.74) is 5.98. The number of carbonyl (C=O) groups is 1. The Kier molecular flexibility index (Phi) is 6.93. The molecule has 1 atom stereocenters. The van der Waals surface area contributed by atoms with E-state index in [9.17, 15) is 9.90 Å². The molecule has 4 rings (SSSR count). The van der Waals surface area contributed by atoms with E-state index in [1.807, 2.05) is 18.2 Å². The van der Waals surface area contributed by atoms with Crippen LogP contribution in [-0.4, -0.2) is 54.9 Å². The second-order valence-corrected chi connectivity index (χ2v) is 8.10. The van der Waals surface area contributed by atoms with Crippen molar-refractivity contribution in [2.45, 2.75) is 25.3 Å². The van der Waals surface area contributed by atoms with E-state index in [1.54, 1.807) is 13.2 Å². The van der Waals surface area contributed by atoms with E-state index in [0.29, 0.717) is 6.54 Å². The van der Waals surface area contributed by atoms with E-state index in [2.05, 4.69) is 39.0 Å². The second-order valence-electron chi connectivity index (χ2n) is 8.10. The highest BCUT2D eigenvalue weighted by Crippen LogP contribution is 2.36. The van der Waals surface area contributed by atoms with E-state index in [4.69, 9.17) is 4.74 Å². The number of benzene rings is 2. The van der Waals surface area contributed by atoms with Crippen molar-refractivity contribution in [3.63, 3.8) is 0 Å². The molecule has 1 heterocycles. The number of aromatic amines is 1. The van der Waals surface area contributed by atoms with Crippen molar-refractivity contribution in [2.24, 2.45) is 0 Å². The number of nitrogens with one attached hydrogen (secondary N) is 1. The molecule has 2 aromatic carbocycles. The Labute approximate surface area is 188 Å². The van der Waals surface area contributed by atoms with Crippen LogP contribution in [0.25, 0.3) is 17.0 Å². The Balaban J connectivity index is 1.50. The van der Waals surface area contributed by atoms with Gasteiger partial charge in [-0.25, -0.2) is 4.79 Å². The van der Waals surface area contributed by atoms with Crippen molar-refractivity contribution in [3.05, 3.63) is 70.9 Å². The zero-order chi connectivity index (χ0) is 22.5. The van der Waals surface area contributed by atoms with E-state index >= 15 is 0 Å². The summed E-state index contributed by atoms with van der Waals surface area (Å²) >= 11 is 0. The highest BCUT2D eigenvalue weighted by Gasteiger charge is 2.27. The lowest BCUT2D eigenvalue weighted by molar-refractivity contribution is -0.134. The van der Waals surface area contributed by atoms with Gasteiger partial charge in [-0.2, -0.15) is 0 Å². The molecule has 1 aliphatic carbocycles. The minimum atomic E-state index is -0.354. The molecule has 0 aliphatic heterocycles. The van der Waals surface area contributed by atoms with Crippen molar-refractivity contribution in [1.29, 1.82) is 0 Å². The molecule has 6 heteroatoms. The maximum absolute atomic E-state index is 11.4. The standard InChI is InChI=1S/C26H30N2O4/c1-31-21-6-8-24-23(16-21)20(17-27-24)11-12-28(13-14-29)25-9-5-19-15-18(3-7-22(19)25)4-10-26(30)32-2/h3-4,6-8,10,15-17,25,27,29H,5,9,11-14H2,1-2H3/b10-4+. The van der Waals surface area contributed by atoms with E-state index < -0.39 is 0 Å². The average molecular weight is 435 g/mol. The summed E-state index contributed by atoms with van der Waals surface area (Å²) in [4.78, 5) is 17.1. The molecule has 32 heavy (non-hydrogen) atoms. The number of hydrogen-bond acceptors (Lipinski definition) is 5. The minimum Gasteiger partial charge on any atom is -0.497 e. The van der Waals surface area contributed by atoms with E-state index in [-0.39, 0.29) is 18.6 Å². The van der Waals surface area contributed by atoms with Crippen LogP contribution in [0.15, 0.2) is 48.7 Å². The summed E-state index contributed by atoms with van der Waals surface area (Å²) in [5, 5.41) is 10.9. The molecule has 3 aromatic rings. The molecular formula is C26H30N2O4. The van der Waals surface area contributed by atoms with Gasteiger partial charge in [-0.15, -0.1) is 0 Å². The van der Waals surface area contributed by atoms with Crippen LogP contribution in [0.3, 0.4) is 0 Å². The van der Waals surface area contributed by atoms with E-state index in [0.717, 1.165) is 42.6 Å². The van der Waals surface area contributed by atoms with E-state index in [1.165, 1.54) is 35.3 Å². The number of ether oxygens (including phenoxy) is 2. The van der Waals surface area contributed by atoms with Crippen LogP contribution in [0, 0.1) is 0 Å². The van der Waals surface area contributed by atoms with Crippen molar-refractivity contribution < 1.29 is 19.4 Å². The lowest BCUT2D eigenvalue weighted by Gasteiger charge is -2.29. The van der Waals surface area contributed by atoms with Gasteiger partial charge in [0.25, 0.3) is 0 Å². The Hall–Kier alpha value is -3.09. The number of methoxy groups -OCH3 is 2. The van der Waals surface area contributed by atoms with Crippen molar-refractivity contribution in [2.75, 3.05) is 33.9 Å². The van der Waals surface area contributed by atoms with Crippen LogP contribution in [0.4, 0.5) is 0 Å². The van der Waals surface area contributed by atoms with Gasteiger partial charge in [0.1, 0.15) is 5.75 Å². The molecular weight excluding hydrogens is 404 g/mol. The fourth-order valence-corrected chi connectivity index (χ4v) is 4.64. The summed E-state index contributed by atoms with van der Waals surface area (Å²) in [6.07, 6.45) is 8.22. The van der Waals surface area contributed by atoms with Gasteiger partial charge in [-0.3, -0.25) is 4.90 Å². The van der Waals surface area contributed by atoms with Crippen LogP contribution < -0.4 is 4.74 Å². The minimum absolute atomic E-state index is 0.132. The first-order chi connectivity index (χ1) is 15.6. The third-order valence-electron chi connectivity index (χ3n) is 6.30. The maximum Gasteiger partial charge on any atom is 0.330 e. The monoisotopic (exact) mass is 434 g/mol. The quantitative estimate of drug-likeness (QED) is 0.395. The fourth-order valence-electron chi connectivity index (χ4n) is 4.64. The predicted octanol–water partition coefficient (Wildman–Crippen LogP) is 3.89. The van der Waals surface area contributed by atoms with Crippen LogP contribution in [-0.2, 0) is 22.4 Å². The fraction of sp³-hybridized carbons (Fsp3) is 0.346. The summed E-state index contributed by atoms with van der Waals surface area (Å²) < 4.78 is 10.1. The number of aliphatic hydroxyl groups excluding tert-OH is 1. The lowest BCUT2D eigenvalue weighted by atomic mass is 10.0. The molecule has 0 amide bonds. The van der Waals surface area contributed by atoms with Gasteiger partial charge in [0.05, 0.1) is 20.8 Å². The zero-order valence-corrected chi connectivity index (χ0v) is 18.6. The molecule has 0 fully saturated rings. The number of nitrogens with zero attached hydrogens (tertiary/aromatic N) is 1. The summed E-state index contributed by atoms with van der Waals surface area (Å²) in [6, 6.07) is 12.7. The molecule has 6 nitrogen and oxygen atoms in total. The number of hydrogen-bond donors (Lipinski definition) is 2. The molecule has 0 spiro atoms. The number of rotatable bonds is 9. The lowest BCUT2D eigenvalue weighted by Crippen LogP contribution is -2.32. The Morgan fingerprint density at radius 3 is 2.88 bits per heavy atom. The summed E-state index contributed by atoms with van der Waals surface area (Å²) in [6.45, 7) is 1.63. The molecule has 168 valence electrons. The largest absolute Gasteiger partial charge is 0.497 e. The number of H-pyrrole nitrogens is 1. The van der Waals surface area contributed by atoms with Gasteiger partial charge in [0.15, 0.2) is 0 Å². The van der Waals surface area contributed by atoms with Crippen LogP contribution >= 0.6 is 0 Å². The molecule has 0 bridgehead atoms. The molecule has 1 unspecified atom stereocenters. The summed E-state index contributed by atoms with van der Waals surface area (Å²) in [5.74, 6) is 0.500. The SMILES string of the molecule is COC(=O)/C=C/c1ccc2c(c1)CCC2N(CCO)CCc1c[nH]c2ccc(OC)cc12. The van der Waals surface area contributed by atoms with Crippen molar-refractivity contribution in [1.82, 2.24) is 9.88 Å². The molecule has 0 radical (unpaired) electrons. The van der Waals surface area contributed by atoms with Gasteiger partial charge >= 0.3 is 5.97 Å². The van der Waals surface area contributed by atoms with Crippen molar-refractivity contribution >= 4 is 22.9 Å². The maximum atomic E-state index is 11.4. The number of aliphatic hydroxyl groups is 1. The molecule has 2 N–H and O–H groups in total. The third kappa shape index (κ3) is 4.71. The number of fused-ring (bicyclic) bond motifs is 2. The first kappa shape index (κ1) is 22.1. The Morgan fingerprint density at radius 1 is 1.22 bits per heavy atom. The summed E-state index contributed by atoms with van der Waals surface area (Å²) in [7, 11) is 3.06.